The van der Waals surface area contributed by atoms with Crippen molar-refractivity contribution >= 4 is 23.5 Å². The first kappa shape index (κ1) is 23.1. The van der Waals surface area contributed by atoms with Gasteiger partial charge in [0.1, 0.15) is 5.76 Å². The molecule has 144 valence electrons. The Balaban J connectivity index is 0.000000556. The van der Waals surface area contributed by atoms with Crippen molar-refractivity contribution in [2.24, 2.45) is 0 Å². The number of rotatable bonds is 1. The van der Waals surface area contributed by atoms with E-state index >= 15 is 0 Å². The van der Waals surface area contributed by atoms with Crippen LogP contribution >= 0.6 is 23.5 Å². The fourth-order valence-corrected chi connectivity index (χ4v) is 4.65. The molecule has 0 unspecified atom stereocenters. The van der Waals surface area contributed by atoms with Crippen LogP contribution in [0.2, 0.25) is 0 Å². The van der Waals surface area contributed by atoms with E-state index in [1.807, 2.05) is 59.7 Å². The lowest BCUT2D eigenvalue weighted by Crippen LogP contribution is -1.97. The Morgan fingerprint density at radius 3 is 1.93 bits per heavy atom. The third-order valence-corrected chi connectivity index (χ3v) is 5.84. The maximum atomic E-state index is 11.6. The van der Waals surface area contributed by atoms with Gasteiger partial charge in [0.2, 0.25) is 0 Å². The molecule has 0 aliphatic carbocycles. The lowest BCUT2D eigenvalue weighted by molar-refractivity contribution is 0.562. The molecule has 2 nitrogen and oxygen atoms in total. The smallest absolute Gasteiger partial charge is 0.185 e. The molecule has 2 heterocycles. The van der Waals surface area contributed by atoms with Crippen LogP contribution in [0, 0.1) is 0 Å². The first-order chi connectivity index (χ1) is 13.3. The third-order valence-electron chi connectivity index (χ3n) is 3.23. The highest BCUT2D eigenvalue weighted by atomic mass is 32.2. The second kappa shape index (κ2) is 12.5. The highest BCUT2D eigenvalue weighted by Crippen LogP contribution is 2.51. The largest absolute Gasteiger partial charge is 0.464 e. The van der Waals surface area contributed by atoms with E-state index in [1.165, 1.54) is 27.0 Å². The van der Waals surface area contributed by atoms with Crippen LogP contribution in [0.4, 0.5) is 0 Å². The van der Waals surface area contributed by atoms with Crippen LogP contribution in [0.25, 0.3) is 11.3 Å². The summed E-state index contributed by atoms with van der Waals surface area (Å²) >= 11 is 3.48. The maximum Gasteiger partial charge on any atom is 0.185 e. The van der Waals surface area contributed by atoms with Gasteiger partial charge in [0.25, 0.3) is 0 Å². The van der Waals surface area contributed by atoms with Crippen molar-refractivity contribution in [2.45, 2.75) is 61.1 Å². The number of benzene rings is 2. The molecule has 2 aromatic carbocycles. The van der Waals surface area contributed by atoms with E-state index in [2.05, 4.69) is 24.3 Å². The molecule has 1 aromatic heterocycles. The van der Waals surface area contributed by atoms with Gasteiger partial charge in [0.15, 0.2) is 5.43 Å². The zero-order valence-electron chi connectivity index (χ0n) is 16.9. The van der Waals surface area contributed by atoms with Gasteiger partial charge in [-0.25, -0.2) is 0 Å². The summed E-state index contributed by atoms with van der Waals surface area (Å²) in [5, 5.41) is 0. The summed E-state index contributed by atoms with van der Waals surface area (Å²) in [4.78, 5) is 16.4. The van der Waals surface area contributed by atoms with E-state index in [9.17, 15) is 4.79 Å². The first-order valence-electron chi connectivity index (χ1n) is 9.48. The second-order valence-electron chi connectivity index (χ2n) is 4.62. The minimum atomic E-state index is -0.0392. The van der Waals surface area contributed by atoms with Gasteiger partial charge >= 0.3 is 0 Å². The van der Waals surface area contributed by atoms with Gasteiger partial charge in [-0.2, -0.15) is 0 Å². The van der Waals surface area contributed by atoms with Crippen molar-refractivity contribution in [1.29, 1.82) is 0 Å². The van der Waals surface area contributed by atoms with Crippen molar-refractivity contribution in [3.05, 3.63) is 71.1 Å². The summed E-state index contributed by atoms with van der Waals surface area (Å²) in [6, 6.07) is 17.4. The summed E-state index contributed by atoms with van der Waals surface area (Å²) in [6.45, 7) is 12.0. The molecule has 0 fully saturated rings. The lowest BCUT2D eigenvalue weighted by Gasteiger charge is -2.20. The van der Waals surface area contributed by atoms with Crippen molar-refractivity contribution in [1.82, 2.24) is 0 Å². The van der Waals surface area contributed by atoms with Gasteiger partial charge < -0.3 is 4.42 Å². The molecule has 1 aliphatic heterocycles. The third kappa shape index (κ3) is 5.78. The molecule has 0 saturated heterocycles. The molecule has 1 aliphatic rings. The van der Waals surface area contributed by atoms with E-state index in [0.717, 1.165) is 10.5 Å². The quantitative estimate of drug-likeness (QED) is 0.324. The van der Waals surface area contributed by atoms with E-state index in [4.69, 9.17) is 4.42 Å². The van der Waals surface area contributed by atoms with Gasteiger partial charge in [0.05, 0.1) is 6.26 Å². The second-order valence-corrected chi connectivity index (χ2v) is 6.75. The van der Waals surface area contributed by atoms with Crippen LogP contribution in [0.1, 0.15) is 41.5 Å². The summed E-state index contributed by atoms with van der Waals surface area (Å²) in [7, 11) is 0. The Morgan fingerprint density at radius 2 is 1.30 bits per heavy atom. The summed E-state index contributed by atoms with van der Waals surface area (Å²) < 4.78 is 5.53. The monoisotopic (exact) mass is 400 g/mol. The van der Waals surface area contributed by atoms with Crippen LogP contribution < -0.4 is 5.43 Å². The molecule has 27 heavy (non-hydrogen) atoms. The van der Waals surface area contributed by atoms with Gasteiger partial charge in [-0.3, -0.25) is 4.79 Å². The van der Waals surface area contributed by atoms with E-state index < -0.39 is 0 Å². The van der Waals surface area contributed by atoms with Crippen molar-refractivity contribution in [3.8, 4) is 11.3 Å². The molecule has 0 atom stereocenters. The zero-order valence-corrected chi connectivity index (χ0v) is 18.5. The summed E-state index contributed by atoms with van der Waals surface area (Å²) in [5.74, 6) is 0.617. The van der Waals surface area contributed by atoms with Gasteiger partial charge in [0, 0.05) is 37.3 Å². The minimum Gasteiger partial charge on any atom is -0.464 e. The molecular weight excluding hydrogens is 372 g/mol. The summed E-state index contributed by atoms with van der Waals surface area (Å²) in [6.07, 6.45) is 1.45. The SMILES string of the molecule is CC.CC.CC.O=c1ccoc(-c2cccc3c2Sc2ccccc2S3)c1. The molecule has 3 aromatic rings. The maximum absolute atomic E-state index is 11.6. The number of hydrogen-bond donors (Lipinski definition) is 0. The summed E-state index contributed by atoms with van der Waals surface area (Å²) in [5.41, 5.74) is 0.930. The minimum absolute atomic E-state index is 0.0392. The average Bonchev–Trinajstić information content (AvgIpc) is 2.76. The predicted molar refractivity (Wildman–Crippen MR) is 119 cm³/mol. The van der Waals surface area contributed by atoms with Crippen molar-refractivity contribution in [2.75, 3.05) is 0 Å². The molecule has 4 rings (SSSR count). The fourth-order valence-electron chi connectivity index (χ4n) is 2.27. The van der Waals surface area contributed by atoms with Crippen molar-refractivity contribution < 1.29 is 4.42 Å². The average molecular weight is 401 g/mol. The molecule has 4 heteroatoms. The molecule has 0 saturated carbocycles. The molecule has 0 amide bonds. The number of hydrogen-bond acceptors (Lipinski definition) is 4. The predicted octanol–water partition coefficient (Wildman–Crippen LogP) is 8.00. The Hall–Kier alpha value is -1.91. The molecule has 0 radical (unpaired) electrons. The van der Waals surface area contributed by atoms with Crippen LogP contribution in [0.3, 0.4) is 0 Å². The molecule has 0 spiro atoms. The highest BCUT2D eigenvalue weighted by molar-refractivity contribution is 8.05. The molecule has 0 bridgehead atoms. The Morgan fingerprint density at radius 1 is 0.704 bits per heavy atom. The van der Waals surface area contributed by atoms with Crippen LogP contribution in [-0.4, -0.2) is 0 Å². The van der Waals surface area contributed by atoms with Gasteiger partial charge in [-0.1, -0.05) is 89.3 Å². The van der Waals surface area contributed by atoms with Crippen molar-refractivity contribution in [3.63, 3.8) is 0 Å². The Kier molecular flexibility index (Phi) is 10.7. The standard InChI is InChI=1S/C17H10O2S2.3C2H6/c18-11-8-9-19-13(10-11)12-4-3-7-16-17(12)21-15-6-2-1-5-14(15)20-16;3*1-2/h1-10H;3*1-2H3. The van der Waals surface area contributed by atoms with E-state index in [-0.39, 0.29) is 5.43 Å². The molecular formula is C23H28O2S2. The normalized spacial score (nSPS) is 10.4. The molecule has 0 N–H and O–H groups in total. The van der Waals surface area contributed by atoms with Gasteiger partial charge in [-0.15, -0.1) is 0 Å². The topological polar surface area (TPSA) is 30.2 Å². The van der Waals surface area contributed by atoms with Crippen LogP contribution in [0.15, 0.2) is 89.7 Å². The lowest BCUT2D eigenvalue weighted by atomic mass is 10.1. The van der Waals surface area contributed by atoms with E-state index in [1.54, 1.807) is 29.6 Å². The first-order valence-corrected chi connectivity index (χ1v) is 11.1. The number of fused-ring (bicyclic) bond motifs is 2. The van der Waals surface area contributed by atoms with E-state index in [0.29, 0.717) is 5.76 Å². The highest BCUT2D eigenvalue weighted by Gasteiger charge is 2.20. The van der Waals surface area contributed by atoms with Gasteiger partial charge in [-0.05, 0) is 18.2 Å². The Labute approximate surface area is 171 Å². The Bertz CT molecular complexity index is 885. The zero-order chi connectivity index (χ0) is 20.2. The fraction of sp³-hybridized carbons (Fsp3) is 0.261. The van der Waals surface area contributed by atoms with Crippen LogP contribution in [-0.2, 0) is 0 Å². The van der Waals surface area contributed by atoms with Crippen LogP contribution in [0.5, 0.6) is 0 Å².